The average Bonchev–Trinajstić information content (AvgIpc) is 2.77. The van der Waals surface area contributed by atoms with Crippen LogP contribution in [0.1, 0.15) is 15.9 Å². The number of phenolic OH excluding ortho intramolecular Hbond substituents is 5. The van der Waals surface area contributed by atoms with Gasteiger partial charge in [0.2, 0.25) is 12.0 Å². The van der Waals surface area contributed by atoms with Crippen molar-refractivity contribution >= 4 is 5.97 Å². The Morgan fingerprint density at radius 1 is 0.848 bits per heavy atom. The molecule has 13 heteroatoms. The lowest BCUT2D eigenvalue weighted by Gasteiger charge is -2.39. The first-order chi connectivity index (χ1) is 15.5. The van der Waals surface area contributed by atoms with E-state index in [1.54, 1.807) is 0 Å². The Hall–Kier alpha value is -3.49. The number of aliphatic hydroxyl groups excluding tert-OH is 4. The van der Waals surface area contributed by atoms with Gasteiger partial charge in [-0.1, -0.05) is 0 Å². The highest BCUT2D eigenvalue weighted by molar-refractivity contribution is 5.91. The predicted octanol–water partition coefficient (Wildman–Crippen LogP) is -1.25. The van der Waals surface area contributed by atoms with Gasteiger partial charge < -0.3 is 60.2 Å². The van der Waals surface area contributed by atoms with Crippen molar-refractivity contribution in [3.63, 3.8) is 0 Å². The van der Waals surface area contributed by atoms with Crippen LogP contribution in [0.3, 0.4) is 0 Å². The molecule has 1 fully saturated rings. The van der Waals surface area contributed by atoms with Crippen molar-refractivity contribution in [2.45, 2.75) is 37.3 Å². The molecule has 2 aromatic rings. The average molecular weight is 470 g/mol. The zero-order valence-corrected chi connectivity index (χ0v) is 16.8. The van der Waals surface area contributed by atoms with E-state index in [2.05, 4.69) is 0 Å². The minimum absolute atomic E-state index is 0.0896. The van der Waals surface area contributed by atoms with E-state index in [9.17, 15) is 50.8 Å². The maximum absolute atomic E-state index is 12.1. The van der Waals surface area contributed by atoms with Gasteiger partial charge in [0, 0.05) is 0 Å². The van der Waals surface area contributed by atoms with E-state index in [0.29, 0.717) is 0 Å². The fraction of sp³-hybridized carbons (Fsp3) is 0.350. The second kappa shape index (κ2) is 9.56. The van der Waals surface area contributed by atoms with Crippen LogP contribution in [0.25, 0.3) is 0 Å². The van der Waals surface area contributed by atoms with Gasteiger partial charge in [0.15, 0.2) is 28.7 Å². The van der Waals surface area contributed by atoms with Crippen LogP contribution in [0, 0.1) is 0 Å². The third kappa shape index (κ3) is 4.97. The minimum atomic E-state index is -1.78. The van der Waals surface area contributed by atoms with Crippen molar-refractivity contribution in [3.05, 3.63) is 35.4 Å². The number of carbonyl (C=O) groups is 1. The topological polar surface area (TPSA) is 227 Å². The molecular weight excluding hydrogens is 448 g/mol. The number of esters is 1. The number of hydrogen-bond acceptors (Lipinski definition) is 13. The molecule has 0 saturated carbocycles. The fourth-order valence-electron chi connectivity index (χ4n) is 3.09. The summed E-state index contributed by atoms with van der Waals surface area (Å²) in [6, 6.07) is 3.84. The van der Waals surface area contributed by atoms with Crippen molar-refractivity contribution in [3.8, 4) is 34.5 Å². The van der Waals surface area contributed by atoms with E-state index in [4.69, 9.17) is 14.2 Å². The number of ether oxygens (including phenoxy) is 3. The Morgan fingerprint density at radius 3 is 1.97 bits per heavy atom. The van der Waals surface area contributed by atoms with E-state index in [1.807, 2.05) is 0 Å². The highest BCUT2D eigenvalue weighted by Gasteiger charge is 2.45. The monoisotopic (exact) mass is 470 g/mol. The number of hydrogen-bond donors (Lipinski definition) is 9. The maximum Gasteiger partial charge on any atom is 0.338 e. The summed E-state index contributed by atoms with van der Waals surface area (Å²) in [6.07, 6.45) is -8.06. The normalized spacial score (nSPS) is 24.9. The van der Waals surface area contributed by atoms with Crippen LogP contribution in [0.4, 0.5) is 0 Å². The van der Waals surface area contributed by atoms with Gasteiger partial charge in [0.05, 0.1) is 12.2 Å². The second-order valence-electron chi connectivity index (χ2n) is 7.22. The van der Waals surface area contributed by atoms with Gasteiger partial charge >= 0.3 is 5.97 Å². The molecule has 33 heavy (non-hydrogen) atoms. The first-order valence-electron chi connectivity index (χ1n) is 9.47. The molecular formula is C20H22O13. The number of aromatic hydroxyl groups is 5. The van der Waals surface area contributed by atoms with Gasteiger partial charge in [-0.15, -0.1) is 0 Å². The lowest BCUT2D eigenvalue weighted by molar-refractivity contribution is -0.277. The molecule has 0 aromatic heterocycles. The molecule has 180 valence electrons. The number of aliphatic hydroxyl groups is 4. The molecule has 1 heterocycles. The van der Waals surface area contributed by atoms with E-state index < -0.39 is 84.4 Å². The summed E-state index contributed by atoms with van der Waals surface area (Å²) in [5.41, 5.74) is -0.189. The molecule has 13 nitrogen and oxygen atoms in total. The Bertz CT molecular complexity index is 975. The van der Waals surface area contributed by atoms with Gasteiger partial charge in [-0.3, -0.25) is 0 Å². The van der Waals surface area contributed by atoms with Crippen molar-refractivity contribution in [1.29, 1.82) is 0 Å². The summed E-state index contributed by atoms with van der Waals surface area (Å²) in [5, 5.41) is 87.5. The summed E-state index contributed by atoms with van der Waals surface area (Å²) in [4.78, 5) is 12.1. The molecule has 1 aliphatic heterocycles. The van der Waals surface area contributed by atoms with E-state index in [-0.39, 0.29) is 11.1 Å². The van der Waals surface area contributed by atoms with Gasteiger partial charge in [0.1, 0.15) is 31.0 Å². The first-order valence-corrected chi connectivity index (χ1v) is 9.47. The molecule has 1 aliphatic rings. The number of carbonyl (C=O) groups excluding carboxylic acids is 1. The third-order valence-corrected chi connectivity index (χ3v) is 4.87. The summed E-state index contributed by atoms with van der Waals surface area (Å²) < 4.78 is 15.4. The Morgan fingerprint density at radius 2 is 1.42 bits per heavy atom. The largest absolute Gasteiger partial charge is 0.504 e. The molecule has 2 aromatic carbocycles. The quantitative estimate of drug-likeness (QED) is 0.178. The Kier molecular flexibility index (Phi) is 7.00. The van der Waals surface area contributed by atoms with Gasteiger partial charge in [0.25, 0.3) is 0 Å². The fourth-order valence-corrected chi connectivity index (χ4v) is 3.09. The smallest absolute Gasteiger partial charge is 0.338 e. The van der Waals surface area contributed by atoms with Crippen LogP contribution >= 0.6 is 0 Å². The molecule has 0 bridgehead atoms. The first kappa shape index (κ1) is 24.2. The number of rotatable bonds is 6. The summed E-state index contributed by atoms with van der Waals surface area (Å²) >= 11 is 0. The zero-order chi connectivity index (χ0) is 24.4. The van der Waals surface area contributed by atoms with Gasteiger partial charge in [-0.2, -0.15) is 0 Å². The molecule has 9 N–H and O–H groups in total. The molecule has 3 rings (SSSR count). The van der Waals surface area contributed by atoms with Crippen LogP contribution in [0.5, 0.6) is 34.5 Å². The van der Waals surface area contributed by atoms with E-state index in [1.165, 1.54) is 0 Å². The minimum Gasteiger partial charge on any atom is -0.504 e. The predicted molar refractivity (Wildman–Crippen MR) is 105 cm³/mol. The van der Waals surface area contributed by atoms with Crippen molar-refractivity contribution in [2.24, 2.45) is 0 Å². The lowest BCUT2D eigenvalue weighted by Crippen LogP contribution is -2.60. The van der Waals surface area contributed by atoms with Gasteiger partial charge in [-0.05, 0) is 29.8 Å². The second-order valence-corrected chi connectivity index (χ2v) is 7.22. The SMILES string of the molecule is O=C(OCc1cc(O)c(OC2OC(CO)C(O)C(O)C2O)c(O)c1)c1cc(O)c(O)c(O)c1. The van der Waals surface area contributed by atoms with Crippen LogP contribution in [0.2, 0.25) is 0 Å². The molecule has 0 aliphatic carbocycles. The molecule has 5 unspecified atom stereocenters. The zero-order valence-electron chi connectivity index (χ0n) is 16.8. The van der Waals surface area contributed by atoms with Crippen LogP contribution in [0.15, 0.2) is 24.3 Å². The van der Waals surface area contributed by atoms with Gasteiger partial charge in [-0.25, -0.2) is 4.79 Å². The third-order valence-electron chi connectivity index (χ3n) is 4.87. The molecule has 0 spiro atoms. The summed E-state index contributed by atoms with van der Waals surface area (Å²) in [6.45, 7) is -1.17. The Labute approximate surface area is 185 Å². The molecule has 5 atom stereocenters. The van der Waals surface area contributed by atoms with Crippen LogP contribution in [-0.2, 0) is 16.1 Å². The van der Waals surface area contributed by atoms with Crippen LogP contribution in [-0.4, -0.2) is 89.2 Å². The number of phenols is 5. The Balaban J connectivity index is 1.71. The standard InChI is InChI=1S/C20H22O13/c21-5-13-15(27)16(28)17(29)20(32-13)33-18-11(24)1-7(2-12(18)25)6-31-19(30)8-3-9(22)14(26)10(23)4-8/h1-4,13,15-17,20-29H,5-6H2. The number of benzene rings is 2. The van der Waals surface area contributed by atoms with Crippen molar-refractivity contribution < 1.29 is 65.0 Å². The maximum atomic E-state index is 12.1. The summed E-state index contributed by atoms with van der Waals surface area (Å²) in [7, 11) is 0. The highest BCUT2D eigenvalue weighted by atomic mass is 16.7. The van der Waals surface area contributed by atoms with E-state index in [0.717, 1.165) is 24.3 Å². The van der Waals surface area contributed by atoms with Crippen LogP contribution < -0.4 is 4.74 Å². The van der Waals surface area contributed by atoms with Crippen molar-refractivity contribution in [1.82, 2.24) is 0 Å². The summed E-state index contributed by atoms with van der Waals surface area (Å²) in [5.74, 6) is -5.16. The van der Waals surface area contributed by atoms with Crippen molar-refractivity contribution in [2.75, 3.05) is 6.61 Å². The molecule has 0 amide bonds. The van der Waals surface area contributed by atoms with E-state index >= 15 is 0 Å². The lowest BCUT2D eigenvalue weighted by atomic mass is 9.99. The molecule has 1 saturated heterocycles. The molecule has 0 radical (unpaired) electrons. The highest BCUT2D eigenvalue weighted by Crippen LogP contribution is 2.40.